The number of H-pyrrole nitrogens is 1. The summed E-state index contributed by atoms with van der Waals surface area (Å²) < 4.78 is 0. The maximum absolute atomic E-state index is 11.4. The lowest BCUT2D eigenvalue weighted by molar-refractivity contribution is 0.102. The first-order valence-corrected chi connectivity index (χ1v) is 6.62. The number of Topliss-reactive ketones (excluding diaryl/α,β-unsaturated/α-hetero) is 1. The zero-order valence-electron chi connectivity index (χ0n) is 10.3. The number of hydrogen-bond donors (Lipinski definition) is 1. The fourth-order valence-electron chi connectivity index (χ4n) is 1.89. The molecule has 3 heterocycles. The van der Waals surface area contributed by atoms with E-state index in [1.807, 2.05) is 24.3 Å². The molecule has 0 aliphatic heterocycles. The van der Waals surface area contributed by atoms with E-state index in [-0.39, 0.29) is 5.78 Å². The third kappa shape index (κ3) is 2.20. The van der Waals surface area contributed by atoms with Gasteiger partial charge in [0.2, 0.25) is 0 Å². The van der Waals surface area contributed by atoms with Crippen LogP contribution in [0.25, 0.3) is 21.7 Å². The second-order valence-electron chi connectivity index (χ2n) is 4.11. The summed E-state index contributed by atoms with van der Waals surface area (Å²) in [6, 6.07) is 7.67. The van der Waals surface area contributed by atoms with Crippen molar-refractivity contribution in [2.45, 2.75) is 6.92 Å². The quantitative estimate of drug-likeness (QED) is 0.741. The normalized spacial score (nSPS) is 10.6. The number of aromatic amines is 1. The van der Waals surface area contributed by atoms with Gasteiger partial charge < -0.3 is 0 Å². The fraction of sp³-hybridized carbons (Fsp3) is 0.0714. The smallest absolute Gasteiger partial charge is 0.169 e. The molecule has 0 atom stereocenters. The lowest BCUT2D eigenvalue weighted by atomic mass is 10.1. The highest BCUT2D eigenvalue weighted by Crippen LogP contribution is 2.34. The topological polar surface area (TPSA) is 58.6 Å². The van der Waals surface area contributed by atoms with Crippen molar-refractivity contribution in [1.82, 2.24) is 15.2 Å². The molecule has 0 aliphatic carbocycles. The van der Waals surface area contributed by atoms with Gasteiger partial charge in [-0.3, -0.25) is 14.9 Å². The van der Waals surface area contributed by atoms with Crippen molar-refractivity contribution in [1.29, 1.82) is 0 Å². The number of aromatic nitrogens is 3. The Hall–Kier alpha value is -2.27. The number of thiophene rings is 1. The minimum absolute atomic E-state index is 0.0845. The van der Waals surface area contributed by atoms with Gasteiger partial charge in [-0.15, -0.1) is 11.3 Å². The number of nitrogens with zero attached hydrogens (tertiary/aromatic N) is 2. The zero-order valence-corrected chi connectivity index (χ0v) is 11.1. The highest BCUT2D eigenvalue weighted by molar-refractivity contribution is 7.17. The molecule has 3 rings (SSSR count). The molecule has 0 saturated carbocycles. The molecular weight excluding hydrogens is 258 g/mol. The zero-order chi connectivity index (χ0) is 13.2. The van der Waals surface area contributed by atoms with Gasteiger partial charge in [-0.25, -0.2) is 0 Å². The van der Waals surface area contributed by atoms with E-state index < -0.39 is 0 Å². The van der Waals surface area contributed by atoms with Crippen molar-refractivity contribution in [3.8, 4) is 21.7 Å². The van der Waals surface area contributed by atoms with Crippen LogP contribution in [0.2, 0.25) is 0 Å². The standard InChI is InChI=1S/C14H11N3OS/c1-9(18)12-2-3-13(19-12)14-11(8-16-17-14)10-4-6-15-7-5-10/h2-8H,1H3,(H,16,17). The van der Waals surface area contributed by atoms with Gasteiger partial charge in [-0.1, -0.05) is 0 Å². The Morgan fingerprint density at radius 3 is 2.68 bits per heavy atom. The SMILES string of the molecule is CC(=O)c1ccc(-c2[nH]ncc2-c2ccncc2)s1. The molecule has 0 bridgehead atoms. The summed E-state index contributed by atoms with van der Waals surface area (Å²) in [5.41, 5.74) is 3.00. The average molecular weight is 269 g/mol. The van der Waals surface area contributed by atoms with Crippen LogP contribution in [0.3, 0.4) is 0 Å². The molecule has 0 saturated heterocycles. The van der Waals surface area contributed by atoms with Gasteiger partial charge in [0.05, 0.1) is 21.6 Å². The summed E-state index contributed by atoms with van der Waals surface area (Å²) in [6.45, 7) is 1.58. The summed E-state index contributed by atoms with van der Waals surface area (Å²) in [4.78, 5) is 17.1. The second kappa shape index (κ2) is 4.78. The molecule has 3 aromatic heterocycles. The summed E-state index contributed by atoms with van der Waals surface area (Å²) in [5.74, 6) is 0.0845. The molecular formula is C14H11N3OS. The maximum atomic E-state index is 11.4. The Bertz CT molecular complexity index is 715. The molecule has 1 N–H and O–H groups in total. The number of hydrogen-bond acceptors (Lipinski definition) is 4. The lowest BCUT2D eigenvalue weighted by Gasteiger charge is -2.00. The van der Waals surface area contributed by atoms with Crippen LogP contribution in [0.4, 0.5) is 0 Å². The van der Waals surface area contributed by atoms with E-state index in [0.29, 0.717) is 0 Å². The summed E-state index contributed by atoms with van der Waals surface area (Å²) >= 11 is 1.47. The number of nitrogens with one attached hydrogen (secondary N) is 1. The van der Waals surface area contributed by atoms with Gasteiger partial charge in [-0.05, 0) is 36.8 Å². The lowest BCUT2D eigenvalue weighted by Crippen LogP contribution is -1.83. The minimum Gasteiger partial charge on any atom is -0.294 e. The highest BCUT2D eigenvalue weighted by Gasteiger charge is 2.13. The third-order valence-electron chi connectivity index (χ3n) is 2.83. The minimum atomic E-state index is 0.0845. The maximum Gasteiger partial charge on any atom is 0.169 e. The van der Waals surface area contributed by atoms with Crippen LogP contribution in [-0.2, 0) is 0 Å². The van der Waals surface area contributed by atoms with E-state index in [4.69, 9.17) is 0 Å². The molecule has 5 heteroatoms. The monoisotopic (exact) mass is 269 g/mol. The van der Waals surface area contributed by atoms with Gasteiger partial charge in [-0.2, -0.15) is 5.10 Å². The Balaban J connectivity index is 2.07. The first-order valence-electron chi connectivity index (χ1n) is 5.80. The Morgan fingerprint density at radius 2 is 2.00 bits per heavy atom. The van der Waals surface area contributed by atoms with Crippen molar-refractivity contribution in [3.63, 3.8) is 0 Å². The Labute approximate surface area is 114 Å². The molecule has 3 aromatic rings. The van der Waals surface area contributed by atoms with Gasteiger partial charge >= 0.3 is 0 Å². The van der Waals surface area contributed by atoms with Crippen LogP contribution in [-0.4, -0.2) is 21.0 Å². The van der Waals surface area contributed by atoms with Crippen molar-refractivity contribution in [2.75, 3.05) is 0 Å². The summed E-state index contributed by atoms with van der Waals surface area (Å²) in [5, 5.41) is 7.11. The molecule has 0 spiro atoms. The largest absolute Gasteiger partial charge is 0.294 e. The average Bonchev–Trinajstić information content (AvgIpc) is 3.08. The number of ketones is 1. The number of carbonyl (C=O) groups is 1. The molecule has 94 valence electrons. The molecule has 19 heavy (non-hydrogen) atoms. The number of carbonyl (C=O) groups excluding carboxylic acids is 1. The predicted octanol–water partition coefficient (Wildman–Crippen LogP) is 3.40. The van der Waals surface area contributed by atoms with E-state index in [1.165, 1.54) is 11.3 Å². The van der Waals surface area contributed by atoms with Crippen LogP contribution in [0.15, 0.2) is 42.9 Å². The van der Waals surface area contributed by atoms with Crippen molar-refractivity contribution < 1.29 is 4.79 Å². The van der Waals surface area contributed by atoms with E-state index in [0.717, 1.165) is 26.6 Å². The van der Waals surface area contributed by atoms with Crippen LogP contribution in [0.1, 0.15) is 16.6 Å². The fourth-order valence-corrected chi connectivity index (χ4v) is 2.80. The van der Waals surface area contributed by atoms with Crippen molar-refractivity contribution in [3.05, 3.63) is 47.7 Å². The summed E-state index contributed by atoms with van der Waals surface area (Å²) in [6.07, 6.45) is 5.29. The van der Waals surface area contributed by atoms with Crippen LogP contribution in [0, 0.1) is 0 Å². The predicted molar refractivity (Wildman–Crippen MR) is 75.1 cm³/mol. The molecule has 0 fully saturated rings. The Kier molecular flexibility index (Phi) is 2.97. The van der Waals surface area contributed by atoms with Crippen molar-refractivity contribution >= 4 is 17.1 Å². The van der Waals surface area contributed by atoms with E-state index in [9.17, 15) is 4.79 Å². The Morgan fingerprint density at radius 1 is 1.21 bits per heavy atom. The van der Waals surface area contributed by atoms with E-state index in [1.54, 1.807) is 25.5 Å². The van der Waals surface area contributed by atoms with Crippen molar-refractivity contribution in [2.24, 2.45) is 0 Å². The van der Waals surface area contributed by atoms with E-state index in [2.05, 4.69) is 15.2 Å². The molecule has 0 radical (unpaired) electrons. The molecule has 0 aliphatic rings. The third-order valence-corrected chi connectivity index (χ3v) is 4.03. The number of pyridine rings is 1. The van der Waals surface area contributed by atoms with Gasteiger partial charge in [0.15, 0.2) is 5.78 Å². The highest BCUT2D eigenvalue weighted by atomic mass is 32.1. The van der Waals surface area contributed by atoms with E-state index >= 15 is 0 Å². The number of rotatable bonds is 3. The first-order chi connectivity index (χ1) is 9.25. The van der Waals surface area contributed by atoms with Crippen LogP contribution >= 0.6 is 11.3 Å². The van der Waals surface area contributed by atoms with Gasteiger partial charge in [0.25, 0.3) is 0 Å². The molecule has 0 unspecified atom stereocenters. The molecule has 4 nitrogen and oxygen atoms in total. The summed E-state index contributed by atoms with van der Waals surface area (Å²) in [7, 11) is 0. The van der Waals surface area contributed by atoms with Gasteiger partial charge in [0.1, 0.15) is 0 Å². The van der Waals surface area contributed by atoms with Crippen LogP contribution in [0.5, 0.6) is 0 Å². The molecule has 0 amide bonds. The van der Waals surface area contributed by atoms with Crippen LogP contribution < -0.4 is 0 Å². The first kappa shape index (κ1) is 11.8. The second-order valence-corrected chi connectivity index (χ2v) is 5.20. The van der Waals surface area contributed by atoms with Gasteiger partial charge in [0, 0.05) is 18.0 Å². The molecule has 0 aromatic carbocycles.